The molecule has 6 nitrogen and oxygen atoms in total. The minimum Gasteiger partial charge on any atom is -0.302 e. The number of aromatic nitrogens is 1. The largest absolute Gasteiger partial charge is 0.302 e. The highest BCUT2D eigenvalue weighted by Crippen LogP contribution is 2.31. The van der Waals surface area contributed by atoms with Crippen LogP contribution in [0.2, 0.25) is 0 Å². The summed E-state index contributed by atoms with van der Waals surface area (Å²) in [6.45, 7) is 2.59. The lowest BCUT2D eigenvalue weighted by Crippen LogP contribution is -2.43. The summed E-state index contributed by atoms with van der Waals surface area (Å²) >= 11 is 1.54. The van der Waals surface area contributed by atoms with Gasteiger partial charge in [-0.15, -0.1) is 11.3 Å². The SMILES string of the molecule is Cc1ccc(S(=O)(=O)N2CCCC(C(=O)Nc3nc4c(s3)CCC4)C2)cc1. The van der Waals surface area contributed by atoms with E-state index in [2.05, 4.69) is 10.3 Å². The first-order valence-corrected chi connectivity index (χ1v) is 11.6. The molecule has 27 heavy (non-hydrogen) atoms. The van der Waals surface area contributed by atoms with Gasteiger partial charge in [-0.25, -0.2) is 13.4 Å². The van der Waals surface area contributed by atoms with Gasteiger partial charge >= 0.3 is 0 Å². The first-order valence-electron chi connectivity index (χ1n) is 9.30. The molecule has 8 heteroatoms. The molecule has 4 rings (SSSR count). The third kappa shape index (κ3) is 3.79. The molecule has 2 aliphatic rings. The second-order valence-electron chi connectivity index (χ2n) is 7.25. The maximum atomic E-state index is 12.9. The fourth-order valence-corrected chi connectivity index (χ4v) is 6.26. The minimum atomic E-state index is -3.58. The zero-order valence-corrected chi connectivity index (χ0v) is 16.9. The smallest absolute Gasteiger partial charge is 0.243 e. The van der Waals surface area contributed by atoms with Crippen LogP contribution in [0.1, 0.15) is 35.4 Å². The Labute approximate surface area is 163 Å². The lowest BCUT2D eigenvalue weighted by atomic mass is 9.99. The maximum Gasteiger partial charge on any atom is 0.243 e. The van der Waals surface area contributed by atoms with E-state index in [1.165, 1.54) is 9.18 Å². The average Bonchev–Trinajstić information content (AvgIpc) is 3.24. The van der Waals surface area contributed by atoms with Crippen LogP contribution in [0.15, 0.2) is 29.2 Å². The Morgan fingerprint density at radius 1 is 1.22 bits per heavy atom. The summed E-state index contributed by atoms with van der Waals surface area (Å²) in [5.74, 6) is -0.482. The number of rotatable bonds is 4. The Bertz CT molecular complexity index is 930. The summed E-state index contributed by atoms with van der Waals surface area (Å²) in [5.41, 5.74) is 2.11. The molecular weight excluding hydrogens is 382 g/mol. The third-order valence-corrected chi connectivity index (χ3v) is 8.19. The lowest BCUT2D eigenvalue weighted by molar-refractivity contribution is -0.120. The summed E-state index contributed by atoms with van der Waals surface area (Å²) in [7, 11) is -3.58. The highest BCUT2D eigenvalue weighted by atomic mass is 32.2. The van der Waals surface area contributed by atoms with Gasteiger partial charge in [-0.3, -0.25) is 4.79 Å². The molecule has 0 bridgehead atoms. The van der Waals surface area contributed by atoms with E-state index in [4.69, 9.17) is 0 Å². The second kappa shape index (κ2) is 7.33. The van der Waals surface area contributed by atoms with Crippen molar-refractivity contribution in [3.05, 3.63) is 40.4 Å². The molecule has 1 N–H and O–H groups in total. The number of sulfonamides is 1. The van der Waals surface area contributed by atoms with Crippen molar-refractivity contribution >= 4 is 32.4 Å². The van der Waals surface area contributed by atoms with Gasteiger partial charge in [0.15, 0.2) is 5.13 Å². The van der Waals surface area contributed by atoms with Gasteiger partial charge in [-0.1, -0.05) is 17.7 Å². The monoisotopic (exact) mass is 405 g/mol. The number of carbonyl (C=O) groups excluding carboxylic acids is 1. The van der Waals surface area contributed by atoms with Gasteiger partial charge in [-0.2, -0.15) is 4.31 Å². The first-order chi connectivity index (χ1) is 12.9. The quantitative estimate of drug-likeness (QED) is 0.848. The Morgan fingerprint density at radius 2 is 2.00 bits per heavy atom. The van der Waals surface area contributed by atoms with Gasteiger partial charge in [-0.05, 0) is 51.2 Å². The first kappa shape index (κ1) is 18.6. The van der Waals surface area contributed by atoms with Crippen molar-refractivity contribution in [1.29, 1.82) is 0 Å². The molecule has 1 atom stereocenters. The molecule has 1 aromatic heterocycles. The number of hydrogen-bond acceptors (Lipinski definition) is 5. The van der Waals surface area contributed by atoms with Crippen molar-refractivity contribution < 1.29 is 13.2 Å². The molecule has 1 fully saturated rings. The third-order valence-electron chi connectivity index (χ3n) is 5.24. The van der Waals surface area contributed by atoms with E-state index < -0.39 is 10.0 Å². The Balaban J connectivity index is 1.45. The zero-order chi connectivity index (χ0) is 19.0. The van der Waals surface area contributed by atoms with Crippen LogP contribution in [0.3, 0.4) is 0 Å². The number of amides is 1. The molecule has 1 unspecified atom stereocenters. The normalized spacial score (nSPS) is 20.4. The zero-order valence-electron chi connectivity index (χ0n) is 15.3. The van der Waals surface area contributed by atoms with Gasteiger partial charge in [0.2, 0.25) is 15.9 Å². The maximum absolute atomic E-state index is 12.9. The van der Waals surface area contributed by atoms with E-state index >= 15 is 0 Å². The van der Waals surface area contributed by atoms with Crippen molar-refractivity contribution in [1.82, 2.24) is 9.29 Å². The summed E-state index contributed by atoms with van der Waals surface area (Å²) in [6.07, 6.45) is 4.52. The van der Waals surface area contributed by atoms with Crippen molar-refractivity contribution in [2.24, 2.45) is 5.92 Å². The number of benzene rings is 1. The molecule has 1 aliphatic heterocycles. The van der Waals surface area contributed by atoms with Gasteiger partial charge in [0.1, 0.15) is 0 Å². The van der Waals surface area contributed by atoms with Crippen LogP contribution in [0.25, 0.3) is 0 Å². The van der Waals surface area contributed by atoms with Gasteiger partial charge in [0.25, 0.3) is 0 Å². The van der Waals surface area contributed by atoms with Crippen LogP contribution in [0.4, 0.5) is 5.13 Å². The Kier molecular flexibility index (Phi) is 5.05. The van der Waals surface area contributed by atoms with E-state index in [1.807, 2.05) is 6.92 Å². The molecule has 2 heterocycles. The molecule has 1 aromatic carbocycles. The Morgan fingerprint density at radius 3 is 2.74 bits per heavy atom. The molecule has 1 amide bonds. The standard InChI is InChI=1S/C19H23N3O3S2/c1-13-7-9-15(10-8-13)27(24,25)22-11-3-4-14(12-22)18(23)21-19-20-16-5-2-6-17(16)26-19/h7-10,14H,2-6,11-12H2,1H3,(H,20,21,23). The number of anilines is 1. The number of fused-ring (bicyclic) bond motifs is 1. The van der Waals surface area contributed by atoms with Crippen LogP contribution >= 0.6 is 11.3 Å². The summed E-state index contributed by atoms with van der Waals surface area (Å²) in [4.78, 5) is 18.7. The molecular formula is C19H23N3O3S2. The fourth-order valence-electron chi connectivity index (χ4n) is 3.69. The van der Waals surface area contributed by atoms with Crippen LogP contribution < -0.4 is 5.32 Å². The van der Waals surface area contributed by atoms with E-state index in [9.17, 15) is 13.2 Å². The number of nitrogens with zero attached hydrogens (tertiary/aromatic N) is 2. The molecule has 144 valence electrons. The topological polar surface area (TPSA) is 79.4 Å². The summed E-state index contributed by atoms with van der Waals surface area (Å²) in [5, 5.41) is 3.55. The number of carbonyl (C=O) groups is 1. The average molecular weight is 406 g/mol. The van der Waals surface area contributed by atoms with E-state index in [0.29, 0.717) is 24.5 Å². The predicted molar refractivity (Wildman–Crippen MR) is 105 cm³/mol. The number of thiazole rings is 1. The van der Waals surface area contributed by atoms with Gasteiger partial charge < -0.3 is 5.32 Å². The Hall–Kier alpha value is -1.77. The molecule has 0 radical (unpaired) electrons. The fraction of sp³-hybridized carbons (Fsp3) is 0.474. The minimum absolute atomic E-state index is 0.133. The molecule has 0 spiro atoms. The molecule has 1 saturated heterocycles. The second-order valence-corrected chi connectivity index (χ2v) is 10.3. The van der Waals surface area contributed by atoms with Crippen molar-refractivity contribution in [3.8, 4) is 0 Å². The van der Waals surface area contributed by atoms with Crippen molar-refractivity contribution in [3.63, 3.8) is 0 Å². The number of hydrogen-bond donors (Lipinski definition) is 1. The van der Waals surface area contributed by atoms with Crippen LogP contribution in [0.5, 0.6) is 0 Å². The van der Waals surface area contributed by atoms with Crippen molar-refractivity contribution in [2.45, 2.75) is 43.9 Å². The van der Waals surface area contributed by atoms with E-state index in [1.54, 1.807) is 35.6 Å². The van der Waals surface area contributed by atoms with E-state index in [-0.39, 0.29) is 23.3 Å². The van der Waals surface area contributed by atoms with Crippen LogP contribution in [0, 0.1) is 12.8 Å². The van der Waals surface area contributed by atoms with Crippen molar-refractivity contribution in [2.75, 3.05) is 18.4 Å². The van der Waals surface area contributed by atoms with Crippen LogP contribution in [-0.2, 0) is 27.7 Å². The molecule has 1 aliphatic carbocycles. The number of nitrogens with one attached hydrogen (secondary N) is 1. The molecule has 0 saturated carbocycles. The predicted octanol–water partition coefficient (Wildman–Crippen LogP) is 2.98. The van der Waals surface area contributed by atoms with Gasteiger partial charge in [0.05, 0.1) is 16.5 Å². The highest BCUT2D eigenvalue weighted by molar-refractivity contribution is 7.89. The lowest BCUT2D eigenvalue weighted by Gasteiger charge is -2.31. The van der Waals surface area contributed by atoms with Crippen LogP contribution in [-0.4, -0.2) is 36.7 Å². The summed E-state index contributed by atoms with van der Waals surface area (Å²) in [6, 6.07) is 6.85. The number of piperidine rings is 1. The van der Waals surface area contributed by atoms with Gasteiger partial charge in [0, 0.05) is 18.0 Å². The van der Waals surface area contributed by atoms with E-state index in [0.717, 1.165) is 30.5 Å². The highest BCUT2D eigenvalue weighted by Gasteiger charge is 2.33. The summed E-state index contributed by atoms with van der Waals surface area (Å²) < 4.78 is 27.2. The molecule has 2 aromatic rings. The number of aryl methyl sites for hydroxylation is 3.